The zero-order chi connectivity index (χ0) is 16.2. The summed E-state index contributed by atoms with van der Waals surface area (Å²) in [4.78, 5) is 0. The molecule has 0 unspecified atom stereocenters. The van der Waals surface area contributed by atoms with Gasteiger partial charge in [0, 0.05) is 16.6 Å². The standard InChI is InChI=1S/C18H18ClN3O/c1-12(14-8-10-16(19)11-9-14)20-13(2)17-21-22-18(23-17)15-6-4-3-5-7-15/h3-13,20H,1-2H3/t12-,13-/m0/s1. The van der Waals surface area contributed by atoms with Gasteiger partial charge in [0.15, 0.2) is 0 Å². The summed E-state index contributed by atoms with van der Waals surface area (Å²) < 4.78 is 5.78. The Bertz CT molecular complexity index is 755. The summed E-state index contributed by atoms with van der Waals surface area (Å²) in [5.74, 6) is 1.11. The van der Waals surface area contributed by atoms with Gasteiger partial charge < -0.3 is 4.42 Å². The third-order valence-electron chi connectivity index (χ3n) is 3.70. The van der Waals surface area contributed by atoms with Gasteiger partial charge in [-0.05, 0) is 43.7 Å². The number of halogens is 1. The minimum absolute atomic E-state index is 0.0503. The number of benzene rings is 2. The predicted octanol–water partition coefficient (Wildman–Crippen LogP) is 4.80. The van der Waals surface area contributed by atoms with E-state index >= 15 is 0 Å². The Hall–Kier alpha value is -2.17. The molecule has 1 N–H and O–H groups in total. The molecule has 0 aliphatic carbocycles. The lowest BCUT2D eigenvalue weighted by molar-refractivity contribution is 0.395. The Morgan fingerprint density at radius 3 is 2.30 bits per heavy atom. The third kappa shape index (κ3) is 3.78. The topological polar surface area (TPSA) is 51.0 Å². The van der Waals surface area contributed by atoms with E-state index in [0.29, 0.717) is 11.8 Å². The van der Waals surface area contributed by atoms with Crippen molar-refractivity contribution < 1.29 is 4.42 Å². The number of aromatic nitrogens is 2. The van der Waals surface area contributed by atoms with Gasteiger partial charge in [0.2, 0.25) is 11.8 Å². The van der Waals surface area contributed by atoms with Crippen LogP contribution in [0.15, 0.2) is 59.0 Å². The summed E-state index contributed by atoms with van der Waals surface area (Å²) >= 11 is 5.93. The minimum atomic E-state index is -0.0503. The summed E-state index contributed by atoms with van der Waals surface area (Å²) in [5, 5.41) is 12.5. The van der Waals surface area contributed by atoms with E-state index in [-0.39, 0.29) is 12.1 Å². The van der Waals surface area contributed by atoms with Crippen LogP contribution in [0.1, 0.15) is 37.4 Å². The zero-order valence-electron chi connectivity index (χ0n) is 13.0. The second-order valence-electron chi connectivity index (χ2n) is 5.47. The molecule has 118 valence electrons. The quantitative estimate of drug-likeness (QED) is 0.731. The van der Waals surface area contributed by atoms with E-state index in [2.05, 4.69) is 22.4 Å². The third-order valence-corrected chi connectivity index (χ3v) is 3.95. The first-order chi connectivity index (χ1) is 11.1. The molecule has 0 aliphatic rings. The number of nitrogens with one attached hydrogen (secondary N) is 1. The molecule has 3 rings (SSSR count). The molecule has 0 amide bonds. The first kappa shape index (κ1) is 15.7. The maximum atomic E-state index is 5.93. The van der Waals surface area contributed by atoms with Crippen LogP contribution >= 0.6 is 11.6 Å². The highest BCUT2D eigenvalue weighted by Gasteiger charge is 2.17. The minimum Gasteiger partial charge on any atom is -0.419 e. The highest BCUT2D eigenvalue weighted by Crippen LogP contribution is 2.23. The summed E-state index contributed by atoms with van der Waals surface area (Å²) in [7, 11) is 0. The van der Waals surface area contributed by atoms with Crippen LogP contribution in [-0.4, -0.2) is 10.2 Å². The maximum Gasteiger partial charge on any atom is 0.247 e. The highest BCUT2D eigenvalue weighted by atomic mass is 35.5. The van der Waals surface area contributed by atoms with Crippen molar-refractivity contribution in [3.63, 3.8) is 0 Å². The van der Waals surface area contributed by atoms with E-state index in [0.717, 1.165) is 16.1 Å². The molecular weight excluding hydrogens is 310 g/mol. The van der Waals surface area contributed by atoms with Crippen LogP contribution in [0.4, 0.5) is 0 Å². The molecule has 0 fully saturated rings. The van der Waals surface area contributed by atoms with Gasteiger partial charge in [-0.15, -0.1) is 10.2 Å². The van der Waals surface area contributed by atoms with Crippen LogP contribution in [0.2, 0.25) is 5.02 Å². The Morgan fingerprint density at radius 2 is 1.61 bits per heavy atom. The van der Waals surface area contributed by atoms with Gasteiger partial charge in [-0.3, -0.25) is 5.32 Å². The van der Waals surface area contributed by atoms with Gasteiger partial charge in [-0.1, -0.05) is 41.9 Å². The van der Waals surface area contributed by atoms with Crippen molar-refractivity contribution in [1.82, 2.24) is 15.5 Å². The van der Waals surface area contributed by atoms with Gasteiger partial charge in [0.05, 0.1) is 6.04 Å². The largest absolute Gasteiger partial charge is 0.419 e. The van der Waals surface area contributed by atoms with Crippen molar-refractivity contribution in [2.45, 2.75) is 25.9 Å². The van der Waals surface area contributed by atoms with Crippen LogP contribution in [0, 0.1) is 0 Å². The van der Waals surface area contributed by atoms with Crippen molar-refractivity contribution in [2.75, 3.05) is 0 Å². The van der Waals surface area contributed by atoms with Crippen molar-refractivity contribution in [1.29, 1.82) is 0 Å². The van der Waals surface area contributed by atoms with Gasteiger partial charge >= 0.3 is 0 Å². The Morgan fingerprint density at radius 1 is 0.913 bits per heavy atom. The molecule has 4 nitrogen and oxygen atoms in total. The van der Waals surface area contributed by atoms with Crippen LogP contribution < -0.4 is 5.32 Å². The molecule has 0 bridgehead atoms. The maximum absolute atomic E-state index is 5.93. The highest BCUT2D eigenvalue weighted by molar-refractivity contribution is 6.30. The van der Waals surface area contributed by atoms with Gasteiger partial charge in [-0.25, -0.2) is 0 Å². The fourth-order valence-corrected chi connectivity index (χ4v) is 2.53. The summed E-state index contributed by atoms with van der Waals surface area (Å²) in [6.07, 6.45) is 0. The van der Waals surface area contributed by atoms with E-state index in [9.17, 15) is 0 Å². The van der Waals surface area contributed by atoms with Gasteiger partial charge in [0.25, 0.3) is 0 Å². The normalized spacial score (nSPS) is 13.7. The molecular formula is C18H18ClN3O. The molecule has 2 aromatic carbocycles. The predicted molar refractivity (Wildman–Crippen MR) is 91.2 cm³/mol. The van der Waals surface area contributed by atoms with E-state index in [1.54, 1.807) is 0 Å². The molecule has 1 heterocycles. The summed E-state index contributed by atoms with van der Waals surface area (Å²) in [6.45, 7) is 4.10. The second kappa shape index (κ2) is 6.94. The Kier molecular flexibility index (Phi) is 4.74. The summed E-state index contributed by atoms with van der Waals surface area (Å²) in [5.41, 5.74) is 2.08. The van der Waals surface area contributed by atoms with Crippen LogP contribution in [-0.2, 0) is 0 Å². The fourth-order valence-electron chi connectivity index (χ4n) is 2.40. The molecule has 0 saturated carbocycles. The van der Waals surface area contributed by atoms with Crippen molar-refractivity contribution >= 4 is 11.6 Å². The average Bonchev–Trinajstić information content (AvgIpc) is 3.06. The molecule has 0 saturated heterocycles. The fraction of sp³-hybridized carbons (Fsp3) is 0.222. The number of rotatable bonds is 5. The van der Waals surface area contributed by atoms with Crippen molar-refractivity contribution in [3.05, 3.63) is 71.1 Å². The van der Waals surface area contributed by atoms with Crippen molar-refractivity contribution in [3.8, 4) is 11.5 Å². The van der Waals surface area contributed by atoms with Crippen LogP contribution in [0.5, 0.6) is 0 Å². The van der Waals surface area contributed by atoms with Crippen LogP contribution in [0.3, 0.4) is 0 Å². The first-order valence-corrected chi connectivity index (χ1v) is 7.91. The monoisotopic (exact) mass is 327 g/mol. The molecule has 3 aromatic rings. The van der Waals surface area contributed by atoms with E-state index in [1.165, 1.54) is 0 Å². The first-order valence-electron chi connectivity index (χ1n) is 7.54. The summed E-state index contributed by atoms with van der Waals surface area (Å²) in [6, 6.07) is 17.6. The molecule has 23 heavy (non-hydrogen) atoms. The number of hydrogen-bond acceptors (Lipinski definition) is 4. The number of nitrogens with zero attached hydrogens (tertiary/aromatic N) is 2. The number of hydrogen-bond donors (Lipinski definition) is 1. The molecule has 2 atom stereocenters. The lowest BCUT2D eigenvalue weighted by Gasteiger charge is -2.17. The SMILES string of the molecule is C[C@H](N[C@@H](C)c1nnc(-c2ccccc2)o1)c1ccc(Cl)cc1. The molecule has 0 spiro atoms. The van der Waals surface area contributed by atoms with Crippen LogP contribution in [0.25, 0.3) is 11.5 Å². The van der Waals surface area contributed by atoms with Gasteiger partial charge in [0.1, 0.15) is 0 Å². The Balaban J connectivity index is 1.70. The van der Waals surface area contributed by atoms with Crippen molar-refractivity contribution in [2.24, 2.45) is 0 Å². The lowest BCUT2D eigenvalue weighted by atomic mass is 10.1. The van der Waals surface area contributed by atoms with E-state index in [1.807, 2.05) is 61.5 Å². The lowest BCUT2D eigenvalue weighted by Crippen LogP contribution is -2.22. The van der Waals surface area contributed by atoms with E-state index < -0.39 is 0 Å². The van der Waals surface area contributed by atoms with E-state index in [4.69, 9.17) is 16.0 Å². The average molecular weight is 328 g/mol. The van der Waals surface area contributed by atoms with Gasteiger partial charge in [-0.2, -0.15) is 0 Å². The smallest absolute Gasteiger partial charge is 0.247 e. The molecule has 0 radical (unpaired) electrons. The molecule has 5 heteroatoms. The molecule has 0 aliphatic heterocycles. The molecule has 1 aromatic heterocycles. The second-order valence-corrected chi connectivity index (χ2v) is 5.91. The zero-order valence-corrected chi connectivity index (χ0v) is 13.8. The Labute approximate surface area is 140 Å².